The van der Waals surface area contributed by atoms with Crippen LogP contribution in [0.2, 0.25) is 5.02 Å². The molecule has 0 spiro atoms. The van der Waals surface area contributed by atoms with E-state index in [0.717, 1.165) is 0 Å². The lowest BCUT2D eigenvalue weighted by atomic mass is 10.3. The fourth-order valence-corrected chi connectivity index (χ4v) is 2.80. The summed E-state index contributed by atoms with van der Waals surface area (Å²) in [5.41, 5.74) is 0.526. The van der Waals surface area contributed by atoms with E-state index < -0.39 is 0 Å². The molecule has 2 heterocycles. The summed E-state index contributed by atoms with van der Waals surface area (Å²) in [6, 6.07) is 6.81. The number of hydrogen-bond acceptors (Lipinski definition) is 6. The summed E-state index contributed by atoms with van der Waals surface area (Å²) in [5.74, 6) is 1.01. The molecule has 0 atom stereocenters. The van der Waals surface area contributed by atoms with Gasteiger partial charge in [0.1, 0.15) is 5.75 Å². The van der Waals surface area contributed by atoms with E-state index in [9.17, 15) is 4.79 Å². The first-order valence-electron chi connectivity index (χ1n) is 6.59. The summed E-state index contributed by atoms with van der Waals surface area (Å²) in [6.07, 6.45) is 3.43. The highest BCUT2D eigenvalue weighted by atomic mass is 35.5. The number of benzene rings is 1. The second kappa shape index (κ2) is 6.84. The number of rotatable bonds is 5. The molecule has 118 valence electrons. The monoisotopic (exact) mass is 349 g/mol. The molecular weight excluding hydrogens is 338 g/mol. The van der Waals surface area contributed by atoms with Crippen LogP contribution in [0.25, 0.3) is 5.78 Å². The lowest BCUT2D eigenvalue weighted by Gasteiger charge is -2.10. The third-order valence-electron chi connectivity index (χ3n) is 2.93. The Morgan fingerprint density at radius 1 is 1.43 bits per heavy atom. The largest absolute Gasteiger partial charge is 0.495 e. The molecule has 3 rings (SSSR count). The van der Waals surface area contributed by atoms with Crippen molar-refractivity contribution in [1.82, 2.24) is 19.6 Å². The molecule has 0 aliphatic rings. The standard InChI is InChI=1S/C14H12ClN5O2S/c1-22-11-4-3-9(15)7-10(11)17-12(21)8-23-14-19-18-13-16-5-2-6-20(13)14/h2-7H,8H2,1H3,(H,17,21). The van der Waals surface area contributed by atoms with Crippen LogP contribution < -0.4 is 10.1 Å². The normalized spacial score (nSPS) is 10.7. The predicted octanol–water partition coefficient (Wildman–Crippen LogP) is 2.52. The van der Waals surface area contributed by atoms with Crippen molar-refractivity contribution < 1.29 is 9.53 Å². The van der Waals surface area contributed by atoms with E-state index in [2.05, 4.69) is 20.5 Å². The molecule has 0 unspecified atom stereocenters. The smallest absolute Gasteiger partial charge is 0.255 e. The Labute approximate surface area is 141 Å². The van der Waals surface area contributed by atoms with Gasteiger partial charge in [0.05, 0.1) is 18.6 Å². The Balaban J connectivity index is 1.67. The molecule has 23 heavy (non-hydrogen) atoms. The van der Waals surface area contributed by atoms with Crippen LogP contribution in [0, 0.1) is 0 Å². The van der Waals surface area contributed by atoms with Gasteiger partial charge in [-0.1, -0.05) is 23.4 Å². The van der Waals surface area contributed by atoms with Crippen molar-refractivity contribution in [2.75, 3.05) is 18.2 Å². The fraction of sp³-hybridized carbons (Fsp3) is 0.143. The van der Waals surface area contributed by atoms with Crippen molar-refractivity contribution >= 4 is 40.7 Å². The van der Waals surface area contributed by atoms with Gasteiger partial charge in [0, 0.05) is 17.4 Å². The SMILES string of the molecule is COc1ccc(Cl)cc1NC(=O)CSc1nnc2ncccn12. The first kappa shape index (κ1) is 15.6. The quantitative estimate of drug-likeness (QED) is 0.713. The van der Waals surface area contributed by atoms with Gasteiger partial charge >= 0.3 is 0 Å². The second-order valence-electron chi connectivity index (χ2n) is 4.45. The van der Waals surface area contributed by atoms with E-state index in [0.29, 0.717) is 27.4 Å². The van der Waals surface area contributed by atoms with Crippen LogP contribution in [0.3, 0.4) is 0 Å². The van der Waals surface area contributed by atoms with Gasteiger partial charge in [-0.05, 0) is 24.3 Å². The van der Waals surface area contributed by atoms with Crippen LogP contribution in [-0.4, -0.2) is 38.4 Å². The first-order valence-corrected chi connectivity index (χ1v) is 7.95. The molecule has 1 amide bonds. The van der Waals surface area contributed by atoms with E-state index in [4.69, 9.17) is 16.3 Å². The van der Waals surface area contributed by atoms with Gasteiger partial charge < -0.3 is 10.1 Å². The average molecular weight is 350 g/mol. The molecule has 0 saturated heterocycles. The molecule has 0 aliphatic carbocycles. The van der Waals surface area contributed by atoms with Crippen molar-refractivity contribution in [3.05, 3.63) is 41.7 Å². The lowest BCUT2D eigenvalue weighted by molar-refractivity contribution is -0.113. The van der Waals surface area contributed by atoms with Crippen LogP contribution in [-0.2, 0) is 4.79 Å². The Morgan fingerprint density at radius 2 is 2.30 bits per heavy atom. The maximum atomic E-state index is 12.1. The fourth-order valence-electron chi connectivity index (χ4n) is 1.91. The molecule has 7 nitrogen and oxygen atoms in total. The maximum absolute atomic E-state index is 12.1. The van der Waals surface area contributed by atoms with Crippen LogP contribution in [0.5, 0.6) is 5.75 Å². The van der Waals surface area contributed by atoms with Gasteiger partial charge in [-0.25, -0.2) is 4.98 Å². The van der Waals surface area contributed by atoms with Gasteiger partial charge in [-0.2, -0.15) is 0 Å². The number of ether oxygens (including phenoxy) is 1. The number of anilines is 1. The molecule has 0 saturated carbocycles. The van der Waals surface area contributed by atoms with E-state index in [1.807, 2.05) is 0 Å². The molecule has 3 aromatic rings. The van der Waals surface area contributed by atoms with Crippen molar-refractivity contribution in [3.63, 3.8) is 0 Å². The third-order valence-corrected chi connectivity index (χ3v) is 4.10. The van der Waals surface area contributed by atoms with Crippen LogP contribution in [0.4, 0.5) is 5.69 Å². The molecule has 0 bridgehead atoms. The van der Waals surface area contributed by atoms with Crippen LogP contribution >= 0.6 is 23.4 Å². The molecule has 0 radical (unpaired) electrons. The number of methoxy groups -OCH3 is 1. The number of nitrogens with zero attached hydrogens (tertiary/aromatic N) is 4. The number of fused-ring (bicyclic) bond motifs is 1. The summed E-state index contributed by atoms with van der Waals surface area (Å²) in [4.78, 5) is 16.2. The molecular formula is C14H12ClN5O2S. The lowest BCUT2D eigenvalue weighted by Crippen LogP contribution is -2.15. The van der Waals surface area contributed by atoms with E-state index >= 15 is 0 Å². The number of aromatic nitrogens is 4. The number of halogens is 1. The van der Waals surface area contributed by atoms with Crippen LogP contribution in [0.15, 0.2) is 41.8 Å². The van der Waals surface area contributed by atoms with Crippen molar-refractivity contribution in [3.8, 4) is 5.75 Å². The average Bonchev–Trinajstić information content (AvgIpc) is 2.96. The number of carbonyl (C=O) groups excluding carboxylic acids is 1. The zero-order valence-corrected chi connectivity index (χ0v) is 13.6. The van der Waals surface area contributed by atoms with Gasteiger partial charge in [0.2, 0.25) is 5.91 Å². The summed E-state index contributed by atoms with van der Waals surface area (Å²) < 4.78 is 6.91. The predicted molar refractivity (Wildman–Crippen MR) is 88.1 cm³/mol. The Morgan fingerprint density at radius 3 is 3.13 bits per heavy atom. The van der Waals surface area contributed by atoms with E-state index in [1.165, 1.54) is 18.9 Å². The zero-order valence-electron chi connectivity index (χ0n) is 12.1. The molecule has 1 N–H and O–H groups in total. The number of thioether (sulfide) groups is 1. The minimum absolute atomic E-state index is 0.172. The summed E-state index contributed by atoms with van der Waals surface area (Å²) >= 11 is 7.21. The minimum Gasteiger partial charge on any atom is -0.495 e. The van der Waals surface area contributed by atoms with Crippen LogP contribution in [0.1, 0.15) is 0 Å². The van der Waals surface area contributed by atoms with Gasteiger partial charge in [0.25, 0.3) is 5.78 Å². The van der Waals surface area contributed by atoms with Gasteiger partial charge in [0.15, 0.2) is 5.16 Å². The van der Waals surface area contributed by atoms with Gasteiger partial charge in [-0.3, -0.25) is 9.20 Å². The minimum atomic E-state index is -0.198. The summed E-state index contributed by atoms with van der Waals surface area (Å²) in [6.45, 7) is 0. The molecule has 0 aliphatic heterocycles. The maximum Gasteiger partial charge on any atom is 0.255 e. The van der Waals surface area contributed by atoms with Crippen molar-refractivity contribution in [2.24, 2.45) is 0 Å². The highest BCUT2D eigenvalue weighted by molar-refractivity contribution is 7.99. The Bertz CT molecular complexity index is 854. The Hall–Kier alpha value is -2.32. The Kier molecular flexibility index (Phi) is 4.63. The van der Waals surface area contributed by atoms with Crippen molar-refractivity contribution in [1.29, 1.82) is 0 Å². The number of nitrogens with one attached hydrogen (secondary N) is 1. The third kappa shape index (κ3) is 3.54. The summed E-state index contributed by atoms with van der Waals surface area (Å²) in [7, 11) is 1.53. The number of hydrogen-bond donors (Lipinski definition) is 1. The first-order chi connectivity index (χ1) is 11.2. The van der Waals surface area contributed by atoms with Gasteiger partial charge in [-0.15, -0.1) is 10.2 Å². The molecule has 1 aromatic carbocycles. The molecule has 2 aromatic heterocycles. The highest BCUT2D eigenvalue weighted by Crippen LogP contribution is 2.28. The second-order valence-corrected chi connectivity index (χ2v) is 5.83. The number of carbonyl (C=O) groups is 1. The highest BCUT2D eigenvalue weighted by Gasteiger charge is 2.12. The molecule has 9 heteroatoms. The number of amides is 1. The van der Waals surface area contributed by atoms with E-state index in [-0.39, 0.29) is 11.7 Å². The molecule has 0 fully saturated rings. The zero-order chi connectivity index (χ0) is 16.2. The summed E-state index contributed by atoms with van der Waals surface area (Å²) in [5, 5.41) is 11.8. The topological polar surface area (TPSA) is 81.4 Å². The van der Waals surface area contributed by atoms with E-state index in [1.54, 1.807) is 41.1 Å². The van der Waals surface area contributed by atoms with Crippen molar-refractivity contribution in [2.45, 2.75) is 5.16 Å².